The van der Waals surface area contributed by atoms with Crippen molar-refractivity contribution in [3.8, 4) is 0 Å². The summed E-state index contributed by atoms with van der Waals surface area (Å²) in [5.74, 6) is -0.701. The van der Waals surface area contributed by atoms with Gasteiger partial charge in [-0.15, -0.1) is 0 Å². The average molecular weight is 257 g/mol. The molecule has 0 aromatic carbocycles. The molecule has 0 aliphatic carbocycles. The Morgan fingerprint density at radius 2 is 1.94 bits per heavy atom. The Balaban J connectivity index is 2.29. The van der Waals surface area contributed by atoms with Crippen LogP contribution in [-0.2, 0) is 14.3 Å². The second-order valence-corrected chi connectivity index (χ2v) is 5.22. The number of aliphatic carboxylic acids is 1. The molecule has 5 nitrogen and oxygen atoms in total. The van der Waals surface area contributed by atoms with Gasteiger partial charge in [0.05, 0.1) is 0 Å². The van der Waals surface area contributed by atoms with Crippen LogP contribution in [-0.4, -0.2) is 36.2 Å². The average Bonchev–Trinajstić information content (AvgIpc) is 2.34. The second kappa shape index (κ2) is 7.36. The van der Waals surface area contributed by atoms with Gasteiger partial charge in [0.2, 0.25) is 5.91 Å². The number of carboxylic acids is 1. The van der Waals surface area contributed by atoms with Gasteiger partial charge in [-0.25, -0.2) is 4.79 Å². The monoisotopic (exact) mass is 257 g/mol. The van der Waals surface area contributed by atoms with Gasteiger partial charge in [-0.1, -0.05) is 13.8 Å². The van der Waals surface area contributed by atoms with Crippen molar-refractivity contribution in [1.29, 1.82) is 0 Å². The van der Waals surface area contributed by atoms with Gasteiger partial charge < -0.3 is 15.2 Å². The molecule has 1 saturated heterocycles. The van der Waals surface area contributed by atoms with Gasteiger partial charge in [0, 0.05) is 19.6 Å². The summed E-state index contributed by atoms with van der Waals surface area (Å²) in [4.78, 5) is 22.7. The number of amides is 1. The van der Waals surface area contributed by atoms with Gasteiger partial charge in [-0.2, -0.15) is 0 Å². The third kappa shape index (κ3) is 5.04. The third-order valence-corrected chi connectivity index (χ3v) is 3.37. The number of hydrogen-bond acceptors (Lipinski definition) is 3. The summed E-state index contributed by atoms with van der Waals surface area (Å²) in [6.07, 6.45) is 3.22. The highest BCUT2D eigenvalue weighted by atomic mass is 16.5. The van der Waals surface area contributed by atoms with Gasteiger partial charge in [0.1, 0.15) is 6.04 Å². The van der Waals surface area contributed by atoms with Crippen molar-refractivity contribution in [2.24, 2.45) is 11.8 Å². The first-order valence-corrected chi connectivity index (χ1v) is 6.60. The summed E-state index contributed by atoms with van der Waals surface area (Å²) in [7, 11) is 0. The van der Waals surface area contributed by atoms with Gasteiger partial charge in [-0.05, 0) is 31.1 Å². The molecule has 1 fully saturated rings. The van der Waals surface area contributed by atoms with Crippen molar-refractivity contribution >= 4 is 11.9 Å². The van der Waals surface area contributed by atoms with Gasteiger partial charge in [-0.3, -0.25) is 4.79 Å². The fourth-order valence-corrected chi connectivity index (χ4v) is 2.13. The molecular weight excluding hydrogens is 234 g/mol. The number of carboxylic acid groups (broad SMARTS) is 1. The molecule has 0 unspecified atom stereocenters. The Morgan fingerprint density at radius 1 is 1.33 bits per heavy atom. The van der Waals surface area contributed by atoms with Crippen molar-refractivity contribution in [2.75, 3.05) is 13.2 Å². The summed E-state index contributed by atoms with van der Waals surface area (Å²) in [5.41, 5.74) is 0. The van der Waals surface area contributed by atoms with E-state index in [4.69, 9.17) is 9.84 Å². The summed E-state index contributed by atoms with van der Waals surface area (Å²) >= 11 is 0. The van der Waals surface area contributed by atoms with Crippen molar-refractivity contribution in [2.45, 2.75) is 45.6 Å². The summed E-state index contributed by atoms with van der Waals surface area (Å²) in [6.45, 7) is 5.13. The first-order valence-electron chi connectivity index (χ1n) is 6.60. The second-order valence-electron chi connectivity index (χ2n) is 5.22. The lowest BCUT2D eigenvalue weighted by Gasteiger charge is -2.22. The van der Waals surface area contributed by atoms with E-state index < -0.39 is 12.0 Å². The fourth-order valence-electron chi connectivity index (χ4n) is 2.13. The van der Waals surface area contributed by atoms with Crippen LogP contribution in [0.5, 0.6) is 0 Å². The lowest BCUT2D eigenvalue weighted by atomic mass is 9.94. The van der Waals surface area contributed by atoms with Crippen molar-refractivity contribution < 1.29 is 19.4 Å². The molecule has 0 spiro atoms. The number of ether oxygens (including phenoxy) is 1. The number of carbonyl (C=O) groups is 2. The first kappa shape index (κ1) is 15.0. The molecule has 104 valence electrons. The zero-order chi connectivity index (χ0) is 13.5. The highest BCUT2D eigenvalue weighted by Gasteiger charge is 2.23. The molecule has 1 aliphatic heterocycles. The molecule has 5 heteroatoms. The fraction of sp³-hybridized carbons (Fsp3) is 0.846. The zero-order valence-electron chi connectivity index (χ0n) is 11.1. The molecule has 0 radical (unpaired) electrons. The molecule has 0 aromatic heterocycles. The van der Waals surface area contributed by atoms with E-state index in [-0.39, 0.29) is 11.8 Å². The minimum Gasteiger partial charge on any atom is -0.480 e. The quantitative estimate of drug-likeness (QED) is 0.754. The molecule has 1 atom stereocenters. The molecule has 1 rings (SSSR count). The van der Waals surface area contributed by atoms with Gasteiger partial charge in [0.25, 0.3) is 0 Å². The van der Waals surface area contributed by atoms with Gasteiger partial charge in [0.15, 0.2) is 0 Å². The topological polar surface area (TPSA) is 75.6 Å². The van der Waals surface area contributed by atoms with E-state index in [0.717, 1.165) is 32.5 Å². The number of hydrogen-bond donors (Lipinski definition) is 2. The molecule has 0 aromatic rings. The lowest BCUT2D eigenvalue weighted by Crippen LogP contribution is -2.44. The van der Waals surface area contributed by atoms with E-state index in [2.05, 4.69) is 5.32 Å². The van der Waals surface area contributed by atoms with Crippen LogP contribution in [0.1, 0.15) is 39.5 Å². The zero-order valence-corrected chi connectivity index (χ0v) is 11.1. The highest BCUT2D eigenvalue weighted by molar-refractivity contribution is 5.83. The summed E-state index contributed by atoms with van der Waals surface area (Å²) in [5, 5.41) is 11.6. The largest absolute Gasteiger partial charge is 0.480 e. The van der Waals surface area contributed by atoms with E-state index in [1.54, 1.807) is 13.8 Å². The maximum atomic E-state index is 11.7. The first-order chi connectivity index (χ1) is 8.50. The van der Waals surface area contributed by atoms with Crippen LogP contribution in [0.3, 0.4) is 0 Å². The molecular formula is C13H23NO4. The van der Waals surface area contributed by atoms with Crippen LogP contribution in [0.25, 0.3) is 0 Å². The molecule has 0 bridgehead atoms. The van der Waals surface area contributed by atoms with Crippen LogP contribution < -0.4 is 5.32 Å². The Bertz CT molecular complexity index is 285. The number of rotatable bonds is 6. The molecule has 0 saturated carbocycles. The number of nitrogens with one attached hydrogen (secondary N) is 1. The maximum Gasteiger partial charge on any atom is 0.326 e. The number of carbonyl (C=O) groups excluding carboxylic acids is 1. The highest BCUT2D eigenvalue weighted by Crippen LogP contribution is 2.19. The predicted molar refractivity (Wildman–Crippen MR) is 67.2 cm³/mol. The van der Waals surface area contributed by atoms with Gasteiger partial charge >= 0.3 is 5.97 Å². The molecule has 1 aliphatic rings. The Morgan fingerprint density at radius 3 is 2.44 bits per heavy atom. The minimum absolute atomic E-state index is 0.102. The van der Waals surface area contributed by atoms with Crippen LogP contribution >= 0.6 is 0 Å². The van der Waals surface area contributed by atoms with Crippen molar-refractivity contribution in [3.63, 3.8) is 0 Å². The normalized spacial score (nSPS) is 18.6. The van der Waals surface area contributed by atoms with Crippen LogP contribution in [0.2, 0.25) is 0 Å². The van der Waals surface area contributed by atoms with Crippen LogP contribution in [0.4, 0.5) is 0 Å². The van der Waals surface area contributed by atoms with Crippen LogP contribution in [0, 0.1) is 11.8 Å². The minimum atomic E-state index is -0.968. The SMILES string of the molecule is CC(C)[C@@H](NC(=O)CCC1CCOCC1)C(=O)O. The van der Waals surface area contributed by atoms with E-state index in [1.165, 1.54) is 0 Å². The lowest BCUT2D eigenvalue weighted by molar-refractivity contribution is -0.143. The van der Waals surface area contributed by atoms with E-state index in [9.17, 15) is 9.59 Å². The Labute approximate surface area is 108 Å². The summed E-state index contributed by atoms with van der Waals surface area (Å²) < 4.78 is 5.26. The molecule has 1 amide bonds. The predicted octanol–water partition coefficient (Wildman–Crippen LogP) is 1.42. The third-order valence-electron chi connectivity index (χ3n) is 3.37. The van der Waals surface area contributed by atoms with E-state index in [0.29, 0.717) is 12.3 Å². The summed E-state index contributed by atoms with van der Waals surface area (Å²) in [6, 6.07) is -0.785. The molecule has 1 heterocycles. The Kier molecular flexibility index (Phi) is 6.12. The molecule has 18 heavy (non-hydrogen) atoms. The molecule has 2 N–H and O–H groups in total. The van der Waals surface area contributed by atoms with E-state index in [1.807, 2.05) is 0 Å². The standard InChI is InChI=1S/C13H23NO4/c1-9(2)12(13(16)17)14-11(15)4-3-10-5-7-18-8-6-10/h9-10,12H,3-8H2,1-2H3,(H,14,15)(H,16,17)/t12-/m1/s1. The van der Waals surface area contributed by atoms with Crippen molar-refractivity contribution in [3.05, 3.63) is 0 Å². The van der Waals surface area contributed by atoms with Crippen LogP contribution in [0.15, 0.2) is 0 Å². The Hall–Kier alpha value is -1.10. The maximum absolute atomic E-state index is 11.7. The van der Waals surface area contributed by atoms with Crippen molar-refractivity contribution in [1.82, 2.24) is 5.32 Å². The van der Waals surface area contributed by atoms with E-state index >= 15 is 0 Å². The smallest absolute Gasteiger partial charge is 0.326 e.